The first-order valence-corrected chi connectivity index (χ1v) is 8.24. The van der Waals surface area contributed by atoms with Crippen LogP contribution >= 0.6 is 0 Å². The van der Waals surface area contributed by atoms with Crippen LogP contribution in [0, 0.1) is 11.3 Å². The summed E-state index contributed by atoms with van der Waals surface area (Å²) < 4.78 is 14.9. The number of amides is 1. The van der Waals surface area contributed by atoms with Gasteiger partial charge in [-0.05, 0) is 55.5 Å². The molecule has 1 amide bonds. The molecule has 2 rings (SSSR count). The molecule has 0 heterocycles. The van der Waals surface area contributed by atoms with E-state index in [-0.39, 0.29) is 0 Å². The first-order valence-electron chi connectivity index (χ1n) is 8.24. The quantitative estimate of drug-likeness (QED) is 0.731. The van der Waals surface area contributed by atoms with Gasteiger partial charge in [-0.2, -0.15) is 5.26 Å². The molecular formula is C20H18N2O6. The number of rotatable bonds is 7. The minimum Gasteiger partial charge on any atom is -0.479 e. The van der Waals surface area contributed by atoms with Crippen LogP contribution in [-0.2, 0) is 19.1 Å². The van der Waals surface area contributed by atoms with E-state index < -0.39 is 30.6 Å². The number of carbonyl (C=O) groups is 3. The first kappa shape index (κ1) is 20.5. The van der Waals surface area contributed by atoms with Gasteiger partial charge in [0, 0.05) is 5.69 Å². The number of benzene rings is 2. The van der Waals surface area contributed by atoms with Crippen molar-refractivity contribution in [3.05, 3.63) is 59.7 Å². The number of nitriles is 1. The van der Waals surface area contributed by atoms with Gasteiger partial charge < -0.3 is 19.5 Å². The van der Waals surface area contributed by atoms with Crippen LogP contribution in [-0.4, -0.2) is 37.7 Å². The van der Waals surface area contributed by atoms with Gasteiger partial charge in [0.05, 0.1) is 24.3 Å². The predicted molar refractivity (Wildman–Crippen MR) is 98.6 cm³/mol. The van der Waals surface area contributed by atoms with Crippen LogP contribution in [0.4, 0.5) is 5.69 Å². The Morgan fingerprint density at radius 2 is 1.71 bits per heavy atom. The normalized spacial score (nSPS) is 10.9. The summed E-state index contributed by atoms with van der Waals surface area (Å²) >= 11 is 0. The predicted octanol–water partition coefficient (Wildman–Crippen LogP) is 2.29. The smallest absolute Gasteiger partial charge is 0.347 e. The highest BCUT2D eigenvalue weighted by atomic mass is 16.6. The molecule has 0 saturated heterocycles. The van der Waals surface area contributed by atoms with Crippen molar-refractivity contribution in [3.8, 4) is 11.8 Å². The van der Waals surface area contributed by atoms with Gasteiger partial charge in [0.25, 0.3) is 5.91 Å². The van der Waals surface area contributed by atoms with Crippen LogP contribution in [0.15, 0.2) is 48.5 Å². The molecule has 0 radical (unpaired) electrons. The Balaban J connectivity index is 1.80. The van der Waals surface area contributed by atoms with Gasteiger partial charge in [0.1, 0.15) is 5.75 Å². The van der Waals surface area contributed by atoms with Crippen molar-refractivity contribution in [1.82, 2.24) is 0 Å². The van der Waals surface area contributed by atoms with Gasteiger partial charge in [0.2, 0.25) is 0 Å². The summed E-state index contributed by atoms with van der Waals surface area (Å²) in [7, 11) is 1.28. The topological polar surface area (TPSA) is 115 Å². The van der Waals surface area contributed by atoms with Crippen molar-refractivity contribution >= 4 is 23.5 Å². The van der Waals surface area contributed by atoms with Crippen LogP contribution in [0.3, 0.4) is 0 Å². The van der Waals surface area contributed by atoms with E-state index in [1.165, 1.54) is 38.3 Å². The van der Waals surface area contributed by atoms with Crippen LogP contribution in [0.1, 0.15) is 22.8 Å². The Morgan fingerprint density at radius 1 is 1.07 bits per heavy atom. The minimum absolute atomic E-state index is 0.348. The van der Waals surface area contributed by atoms with Crippen molar-refractivity contribution in [3.63, 3.8) is 0 Å². The number of ether oxygens (including phenoxy) is 3. The number of nitrogens with zero attached hydrogens (tertiary/aromatic N) is 1. The molecule has 1 N–H and O–H groups in total. The summed E-state index contributed by atoms with van der Waals surface area (Å²) in [4.78, 5) is 35.2. The highest BCUT2D eigenvalue weighted by Crippen LogP contribution is 2.14. The Bertz CT molecular complexity index is 884. The average Bonchev–Trinajstić information content (AvgIpc) is 2.72. The van der Waals surface area contributed by atoms with E-state index in [9.17, 15) is 14.4 Å². The van der Waals surface area contributed by atoms with Gasteiger partial charge >= 0.3 is 11.9 Å². The maximum atomic E-state index is 11.9. The average molecular weight is 382 g/mol. The number of methoxy groups -OCH3 is 1. The summed E-state index contributed by atoms with van der Waals surface area (Å²) in [6.45, 7) is 1.00. The van der Waals surface area contributed by atoms with E-state index >= 15 is 0 Å². The molecule has 0 aliphatic rings. The summed E-state index contributed by atoms with van der Waals surface area (Å²) in [5.41, 5.74) is 1.26. The molecule has 0 aliphatic heterocycles. The molecule has 2 aromatic carbocycles. The maximum Gasteiger partial charge on any atom is 0.347 e. The second-order valence-corrected chi connectivity index (χ2v) is 5.62. The SMILES string of the molecule is COC(=O)c1ccc(NC(=O)COC(=O)C(C)Oc2ccc(C#N)cc2)cc1. The monoisotopic (exact) mass is 382 g/mol. The number of carbonyl (C=O) groups excluding carboxylic acids is 3. The minimum atomic E-state index is -0.930. The number of hydrogen-bond donors (Lipinski definition) is 1. The number of nitrogens with one attached hydrogen (secondary N) is 1. The summed E-state index contributed by atoms with van der Waals surface area (Å²) in [5, 5.41) is 11.3. The Labute approximate surface area is 161 Å². The molecule has 1 atom stereocenters. The Morgan fingerprint density at radius 3 is 2.29 bits per heavy atom. The zero-order chi connectivity index (χ0) is 20.5. The van der Waals surface area contributed by atoms with Crippen molar-refractivity contribution in [2.24, 2.45) is 0 Å². The second kappa shape index (κ2) is 9.73. The van der Waals surface area contributed by atoms with Gasteiger partial charge in [0.15, 0.2) is 12.7 Å². The second-order valence-electron chi connectivity index (χ2n) is 5.62. The van der Waals surface area contributed by atoms with E-state index in [1.54, 1.807) is 24.3 Å². The molecule has 0 spiro atoms. The number of esters is 2. The van der Waals surface area contributed by atoms with E-state index in [1.807, 2.05) is 6.07 Å². The fraction of sp³-hybridized carbons (Fsp3) is 0.200. The van der Waals surface area contributed by atoms with Crippen LogP contribution in [0.25, 0.3) is 0 Å². The van der Waals surface area contributed by atoms with Gasteiger partial charge in [-0.25, -0.2) is 9.59 Å². The largest absolute Gasteiger partial charge is 0.479 e. The molecular weight excluding hydrogens is 364 g/mol. The molecule has 144 valence electrons. The molecule has 0 aliphatic carbocycles. The highest BCUT2D eigenvalue weighted by Gasteiger charge is 2.18. The molecule has 0 aromatic heterocycles. The van der Waals surface area contributed by atoms with Gasteiger partial charge in [-0.1, -0.05) is 0 Å². The third-order valence-corrected chi connectivity index (χ3v) is 3.56. The van der Waals surface area contributed by atoms with Crippen LogP contribution in [0.5, 0.6) is 5.75 Å². The lowest BCUT2D eigenvalue weighted by Crippen LogP contribution is -2.29. The lowest BCUT2D eigenvalue weighted by molar-refractivity contribution is -0.153. The van der Waals surface area contributed by atoms with Crippen molar-refractivity contribution in [2.45, 2.75) is 13.0 Å². The molecule has 0 fully saturated rings. The molecule has 0 saturated carbocycles. The zero-order valence-corrected chi connectivity index (χ0v) is 15.3. The molecule has 28 heavy (non-hydrogen) atoms. The van der Waals surface area contributed by atoms with Crippen molar-refractivity contribution < 1.29 is 28.6 Å². The fourth-order valence-electron chi connectivity index (χ4n) is 2.12. The summed E-state index contributed by atoms with van der Waals surface area (Å²) in [6, 6.07) is 14.3. The summed E-state index contributed by atoms with van der Waals surface area (Å²) in [5.74, 6) is -1.33. The standard InChI is InChI=1S/C20H18N2O6/c1-13(28-17-9-3-14(11-21)4-10-17)19(24)27-12-18(23)22-16-7-5-15(6-8-16)20(25)26-2/h3-10,13H,12H2,1-2H3,(H,22,23). The van der Waals surface area contributed by atoms with Gasteiger partial charge in [-0.3, -0.25) is 4.79 Å². The molecule has 8 nitrogen and oxygen atoms in total. The van der Waals surface area contributed by atoms with E-state index in [2.05, 4.69) is 10.1 Å². The molecule has 2 aromatic rings. The number of hydrogen-bond acceptors (Lipinski definition) is 7. The molecule has 0 bridgehead atoms. The highest BCUT2D eigenvalue weighted by molar-refractivity contribution is 5.94. The third-order valence-electron chi connectivity index (χ3n) is 3.56. The maximum absolute atomic E-state index is 11.9. The lowest BCUT2D eigenvalue weighted by Gasteiger charge is -2.14. The van der Waals surface area contributed by atoms with Crippen molar-refractivity contribution in [2.75, 3.05) is 19.0 Å². The third kappa shape index (κ3) is 5.85. The summed E-state index contributed by atoms with van der Waals surface area (Å²) in [6.07, 6.45) is -0.930. The fourth-order valence-corrected chi connectivity index (χ4v) is 2.12. The van der Waals surface area contributed by atoms with E-state index in [4.69, 9.17) is 14.7 Å². The first-order chi connectivity index (χ1) is 13.4. The van der Waals surface area contributed by atoms with Crippen molar-refractivity contribution in [1.29, 1.82) is 5.26 Å². The lowest BCUT2D eigenvalue weighted by atomic mass is 10.2. The van der Waals surface area contributed by atoms with Crippen LogP contribution in [0.2, 0.25) is 0 Å². The Kier molecular flexibility index (Phi) is 7.11. The van der Waals surface area contributed by atoms with Gasteiger partial charge in [-0.15, -0.1) is 0 Å². The Hall–Kier alpha value is -3.86. The van der Waals surface area contributed by atoms with Crippen LogP contribution < -0.4 is 10.1 Å². The van der Waals surface area contributed by atoms with E-state index in [0.29, 0.717) is 22.6 Å². The molecule has 8 heteroatoms. The molecule has 1 unspecified atom stereocenters. The number of anilines is 1. The van der Waals surface area contributed by atoms with E-state index in [0.717, 1.165) is 0 Å². The zero-order valence-electron chi connectivity index (χ0n) is 15.3.